The first kappa shape index (κ1) is 18.9. The summed E-state index contributed by atoms with van der Waals surface area (Å²) >= 11 is 0. The van der Waals surface area contributed by atoms with E-state index < -0.39 is 18.0 Å². The standard InChI is InChI=1S/C26H17N4O4/c31-23-19(25(33)29-13-9-17-3-1-11-27(23)21(17)29)15-5-7-16(8-6-15)20-24(32)28-12-2-4-18-10-14-30(22(18)28)26(20)34/h1-14,19-21H/q+1. The third-order valence-electron chi connectivity index (χ3n) is 6.99. The lowest BCUT2D eigenvalue weighted by Crippen LogP contribution is -2.57. The molecule has 0 saturated carbocycles. The van der Waals surface area contributed by atoms with Crippen LogP contribution < -0.4 is 4.57 Å². The number of rotatable bonds is 2. The summed E-state index contributed by atoms with van der Waals surface area (Å²) in [4.78, 5) is 56.1. The summed E-state index contributed by atoms with van der Waals surface area (Å²) in [5.74, 6) is -3.25. The average Bonchev–Trinajstić information content (AvgIpc) is 3.48. The van der Waals surface area contributed by atoms with Gasteiger partial charge in [-0.2, -0.15) is 9.13 Å². The van der Waals surface area contributed by atoms with Gasteiger partial charge in [-0.05, 0) is 47.1 Å². The second kappa shape index (κ2) is 6.48. The van der Waals surface area contributed by atoms with Crippen LogP contribution >= 0.6 is 0 Å². The fourth-order valence-corrected chi connectivity index (χ4v) is 5.37. The van der Waals surface area contributed by atoms with Crippen LogP contribution in [0.1, 0.15) is 32.6 Å². The molecular weight excluding hydrogens is 432 g/mol. The molecule has 2 amide bonds. The number of carbonyl (C=O) groups is 4. The summed E-state index contributed by atoms with van der Waals surface area (Å²) in [5, 5.41) is 0.811. The Labute approximate surface area is 193 Å². The fraction of sp³-hybridized carbons (Fsp3) is 0.115. The molecule has 0 radical (unpaired) electrons. The first-order valence-electron chi connectivity index (χ1n) is 11.0. The molecule has 1 saturated heterocycles. The normalized spacial score (nSPS) is 24.8. The molecule has 6 heterocycles. The lowest BCUT2D eigenvalue weighted by molar-refractivity contribution is -0.551. The lowest BCUT2D eigenvalue weighted by Gasteiger charge is -2.42. The van der Waals surface area contributed by atoms with Crippen molar-refractivity contribution in [2.45, 2.75) is 18.0 Å². The monoisotopic (exact) mass is 449 g/mol. The van der Waals surface area contributed by atoms with Crippen molar-refractivity contribution in [1.29, 1.82) is 0 Å². The minimum Gasteiger partial charge on any atom is -0.292 e. The number of amides is 2. The molecule has 0 N–H and O–H groups in total. The molecule has 34 heavy (non-hydrogen) atoms. The first-order valence-corrected chi connectivity index (χ1v) is 11.0. The Morgan fingerprint density at radius 2 is 1.47 bits per heavy atom. The molecule has 3 aromatic rings. The Bertz CT molecular complexity index is 1560. The molecule has 4 aliphatic heterocycles. The van der Waals surface area contributed by atoms with E-state index in [1.54, 1.807) is 77.1 Å². The molecular formula is C26H17N4O4+. The van der Waals surface area contributed by atoms with Crippen molar-refractivity contribution in [1.82, 2.24) is 14.4 Å². The molecule has 7 rings (SSSR count). The number of allylic oxidation sites excluding steroid dienone is 2. The van der Waals surface area contributed by atoms with Crippen molar-refractivity contribution >= 4 is 34.7 Å². The van der Waals surface area contributed by atoms with Gasteiger partial charge in [0.1, 0.15) is 18.3 Å². The van der Waals surface area contributed by atoms with Crippen molar-refractivity contribution in [3.05, 3.63) is 102 Å². The summed E-state index contributed by atoms with van der Waals surface area (Å²) in [7, 11) is 0. The minimum absolute atomic E-state index is 0.294. The van der Waals surface area contributed by atoms with Crippen LogP contribution in [0.4, 0.5) is 0 Å². The van der Waals surface area contributed by atoms with Crippen LogP contribution in [0.3, 0.4) is 0 Å². The maximum Gasteiger partial charge on any atom is 0.333 e. The quantitative estimate of drug-likeness (QED) is 0.443. The van der Waals surface area contributed by atoms with Gasteiger partial charge in [0.05, 0.1) is 11.6 Å². The average molecular weight is 449 g/mol. The lowest BCUT2D eigenvalue weighted by atomic mass is 9.89. The second-order valence-corrected chi connectivity index (χ2v) is 8.74. The maximum absolute atomic E-state index is 13.3. The van der Waals surface area contributed by atoms with Crippen LogP contribution in [-0.2, 0) is 9.59 Å². The van der Waals surface area contributed by atoms with Crippen LogP contribution in [0.25, 0.3) is 11.0 Å². The van der Waals surface area contributed by atoms with E-state index in [2.05, 4.69) is 0 Å². The Morgan fingerprint density at radius 1 is 0.765 bits per heavy atom. The van der Waals surface area contributed by atoms with E-state index in [-0.39, 0.29) is 23.6 Å². The van der Waals surface area contributed by atoms with Crippen LogP contribution in [0.15, 0.2) is 91.1 Å². The van der Waals surface area contributed by atoms with Gasteiger partial charge >= 0.3 is 17.5 Å². The highest BCUT2D eigenvalue weighted by atomic mass is 16.2. The number of aromatic nitrogens is 2. The third kappa shape index (κ3) is 2.29. The molecule has 0 spiro atoms. The largest absolute Gasteiger partial charge is 0.333 e. The Balaban J connectivity index is 1.25. The zero-order chi connectivity index (χ0) is 23.1. The van der Waals surface area contributed by atoms with Crippen molar-refractivity contribution in [3.63, 3.8) is 0 Å². The van der Waals surface area contributed by atoms with Crippen molar-refractivity contribution in [2.75, 3.05) is 0 Å². The molecule has 3 atom stereocenters. The number of carbonyl (C=O) groups excluding carboxylic acids is 4. The molecule has 4 aliphatic rings. The zero-order valence-electron chi connectivity index (χ0n) is 17.7. The molecule has 1 aromatic carbocycles. The topological polar surface area (TPSA) is 83.6 Å². The number of pyridine rings is 1. The van der Waals surface area contributed by atoms with Gasteiger partial charge < -0.3 is 0 Å². The Hall–Kier alpha value is -4.59. The number of hydrogen-bond acceptors (Lipinski definition) is 4. The molecule has 2 aromatic heterocycles. The van der Waals surface area contributed by atoms with E-state index in [1.807, 2.05) is 18.2 Å². The third-order valence-corrected chi connectivity index (χ3v) is 6.99. The van der Waals surface area contributed by atoms with Crippen LogP contribution in [0.5, 0.6) is 0 Å². The van der Waals surface area contributed by atoms with Gasteiger partial charge in [0.2, 0.25) is 11.8 Å². The molecule has 8 nitrogen and oxygen atoms in total. The molecule has 8 heteroatoms. The summed E-state index contributed by atoms with van der Waals surface area (Å²) in [6, 6.07) is 12.1. The Morgan fingerprint density at radius 3 is 2.24 bits per heavy atom. The van der Waals surface area contributed by atoms with Crippen LogP contribution in [0.2, 0.25) is 0 Å². The second-order valence-electron chi connectivity index (χ2n) is 8.74. The van der Waals surface area contributed by atoms with Gasteiger partial charge in [0, 0.05) is 12.4 Å². The summed E-state index contributed by atoms with van der Waals surface area (Å²) in [6.07, 6.45) is 11.8. The van der Waals surface area contributed by atoms with Crippen molar-refractivity contribution < 1.29 is 23.7 Å². The predicted molar refractivity (Wildman–Crippen MR) is 119 cm³/mol. The summed E-state index contributed by atoms with van der Waals surface area (Å²) in [5.41, 5.74) is 2.48. The zero-order valence-corrected chi connectivity index (χ0v) is 17.7. The first-order chi connectivity index (χ1) is 16.5. The van der Waals surface area contributed by atoms with E-state index >= 15 is 0 Å². The fourth-order valence-electron chi connectivity index (χ4n) is 5.37. The van der Waals surface area contributed by atoms with Gasteiger partial charge in [-0.1, -0.05) is 30.3 Å². The molecule has 0 bridgehead atoms. The summed E-state index contributed by atoms with van der Waals surface area (Å²) in [6.45, 7) is 0. The highest BCUT2D eigenvalue weighted by Gasteiger charge is 2.49. The summed E-state index contributed by atoms with van der Waals surface area (Å²) < 4.78 is 2.99. The smallest absolute Gasteiger partial charge is 0.292 e. The van der Waals surface area contributed by atoms with Gasteiger partial charge in [-0.3, -0.25) is 19.4 Å². The van der Waals surface area contributed by atoms with E-state index in [0.717, 1.165) is 11.0 Å². The Kier molecular flexibility index (Phi) is 3.61. The van der Waals surface area contributed by atoms with Gasteiger partial charge in [-0.15, -0.1) is 0 Å². The van der Waals surface area contributed by atoms with Gasteiger partial charge in [-0.25, -0.2) is 9.59 Å². The van der Waals surface area contributed by atoms with Crippen molar-refractivity contribution in [3.8, 4) is 0 Å². The number of benzene rings is 1. The molecule has 164 valence electrons. The van der Waals surface area contributed by atoms with Gasteiger partial charge in [0.25, 0.3) is 0 Å². The van der Waals surface area contributed by atoms with Crippen LogP contribution in [0, 0.1) is 0 Å². The van der Waals surface area contributed by atoms with Crippen molar-refractivity contribution in [2.24, 2.45) is 0 Å². The van der Waals surface area contributed by atoms with E-state index in [9.17, 15) is 19.2 Å². The molecule has 3 unspecified atom stereocenters. The SMILES string of the molecule is O=C1C(c2ccc(C3C(=O)n4ccc5ccc[n+](c54)C3=O)cc2)C(=O)N2C=CC3=CC=CN1C32. The number of hydrogen-bond donors (Lipinski definition) is 0. The number of nitrogens with zero attached hydrogens (tertiary/aromatic N) is 4. The minimum atomic E-state index is -1.01. The molecule has 1 fully saturated rings. The van der Waals surface area contributed by atoms with E-state index in [1.165, 1.54) is 9.13 Å². The van der Waals surface area contributed by atoms with E-state index in [4.69, 9.17) is 0 Å². The maximum atomic E-state index is 13.3. The highest BCUT2D eigenvalue weighted by molar-refractivity contribution is 6.10. The van der Waals surface area contributed by atoms with Gasteiger partial charge in [0.15, 0.2) is 5.92 Å². The van der Waals surface area contributed by atoms with Crippen LogP contribution in [-0.4, -0.2) is 44.2 Å². The highest BCUT2D eigenvalue weighted by Crippen LogP contribution is 2.38. The predicted octanol–water partition coefficient (Wildman–Crippen LogP) is 2.07. The van der Waals surface area contributed by atoms with E-state index in [0.29, 0.717) is 16.8 Å². The molecule has 0 aliphatic carbocycles.